The predicted octanol–water partition coefficient (Wildman–Crippen LogP) is 0.772. The Hall–Kier alpha value is -1.58. The number of halogens is 4. The van der Waals surface area contributed by atoms with Crippen LogP contribution in [0.3, 0.4) is 0 Å². The van der Waals surface area contributed by atoms with E-state index < -0.39 is 43.1 Å². The van der Waals surface area contributed by atoms with Gasteiger partial charge in [0.05, 0.1) is 19.6 Å². The summed E-state index contributed by atoms with van der Waals surface area (Å²) in [4.78, 5) is 22.7. The summed E-state index contributed by atoms with van der Waals surface area (Å²) >= 11 is 0. The van der Waals surface area contributed by atoms with E-state index in [2.05, 4.69) is 0 Å². The smallest absolute Gasteiger partial charge is 0.329 e. The Morgan fingerprint density at radius 2 is 2.00 bits per heavy atom. The van der Waals surface area contributed by atoms with Crippen LogP contribution in [0.25, 0.3) is 0 Å². The monoisotopic (exact) mass is 302 g/mol. The second-order valence-corrected chi connectivity index (χ2v) is 4.71. The van der Waals surface area contributed by atoms with E-state index in [9.17, 15) is 27.2 Å². The number of ether oxygens (including phenoxy) is 1. The predicted molar refractivity (Wildman–Crippen MR) is 57.9 cm³/mol. The van der Waals surface area contributed by atoms with Gasteiger partial charge in [0, 0.05) is 0 Å². The molecule has 0 radical (unpaired) electrons. The first-order chi connectivity index (χ1) is 9.06. The fourth-order valence-electron chi connectivity index (χ4n) is 1.61. The molecular formula is C10H14F4N2O4. The zero-order chi connectivity index (χ0) is 15.6. The highest BCUT2D eigenvalue weighted by molar-refractivity contribution is 5.75. The number of carbonyl (C=O) groups is 2. The maximum Gasteiger partial charge on any atom is 0.329 e. The molecule has 0 unspecified atom stereocenters. The van der Waals surface area contributed by atoms with Gasteiger partial charge in [-0.3, -0.25) is 0 Å². The van der Waals surface area contributed by atoms with Crippen molar-refractivity contribution in [3.8, 4) is 0 Å². The van der Waals surface area contributed by atoms with Crippen molar-refractivity contribution >= 4 is 12.0 Å². The van der Waals surface area contributed by atoms with Gasteiger partial charge >= 0.3 is 24.3 Å². The normalized spacial score (nSPS) is 17.8. The minimum Gasteiger partial charge on any atom is -0.480 e. The summed E-state index contributed by atoms with van der Waals surface area (Å²) in [5.74, 6) is -5.46. The summed E-state index contributed by atoms with van der Waals surface area (Å²) in [6.07, 6.45) is -3.86. The van der Waals surface area contributed by atoms with Gasteiger partial charge in [0.25, 0.3) is 0 Å². The number of hydrogen-bond acceptors (Lipinski definition) is 3. The van der Waals surface area contributed by atoms with Crippen LogP contribution >= 0.6 is 0 Å². The molecule has 0 aliphatic carbocycles. The lowest BCUT2D eigenvalue weighted by atomic mass is 9.97. The largest absolute Gasteiger partial charge is 0.480 e. The zero-order valence-electron chi connectivity index (χ0n) is 10.5. The average Bonchev–Trinajstić information content (AvgIpc) is 2.29. The number of likely N-dealkylation sites (tertiary alicyclic amines) is 1. The fourth-order valence-corrected chi connectivity index (χ4v) is 1.61. The SMILES string of the molecule is CC1(OCC(=O)O)CN(C(=O)NCC(F)(F)C(F)F)C1. The van der Waals surface area contributed by atoms with Crippen LogP contribution in [0.2, 0.25) is 0 Å². The Kier molecular flexibility index (Phi) is 4.79. The molecular weight excluding hydrogens is 288 g/mol. The van der Waals surface area contributed by atoms with E-state index in [0.29, 0.717) is 0 Å². The maximum atomic E-state index is 12.6. The molecule has 6 nitrogen and oxygen atoms in total. The number of urea groups is 1. The second kappa shape index (κ2) is 5.81. The number of carbonyl (C=O) groups excluding carboxylic acids is 1. The van der Waals surface area contributed by atoms with Crippen LogP contribution in [0, 0.1) is 0 Å². The standard InChI is InChI=1S/C10H14F4N2O4/c1-9(20-2-6(17)18)4-16(5-9)8(19)15-3-10(13,14)7(11)12/h7H,2-5H2,1H3,(H,15,19)(H,17,18). The lowest BCUT2D eigenvalue weighted by Gasteiger charge is -2.47. The molecule has 0 saturated carbocycles. The number of nitrogens with one attached hydrogen (secondary N) is 1. The Morgan fingerprint density at radius 1 is 1.45 bits per heavy atom. The molecule has 1 aliphatic heterocycles. The molecule has 20 heavy (non-hydrogen) atoms. The summed E-state index contributed by atoms with van der Waals surface area (Å²) in [5.41, 5.74) is -0.874. The molecule has 1 heterocycles. The summed E-state index contributed by atoms with van der Waals surface area (Å²) in [6.45, 7) is -0.478. The number of amides is 2. The molecule has 1 saturated heterocycles. The Labute approximate surface area is 111 Å². The van der Waals surface area contributed by atoms with Crippen LogP contribution in [-0.2, 0) is 9.53 Å². The zero-order valence-corrected chi connectivity index (χ0v) is 10.5. The number of carboxylic acids is 1. The average molecular weight is 302 g/mol. The van der Waals surface area contributed by atoms with Crippen molar-refractivity contribution in [2.24, 2.45) is 0 Å². The highest BCUT2D eigenvalue weighted by Gasteiger charge is 2.45. The number of alkyl halides is 4. The van der Waals surface area contributed by atoms with E-state index in [4.69, 9.17) is 9.84 Å². The lowest BCUT2D eigenvalue weighted by molar-refractivity contribution is -0.160. The molecule has 0 bridgehead atoms. The van der Waals surface area contributed by atoms with E-state index in [-0.39, 0.29) is 13.1 Å². The van der Waals surface area contributed by atoms with Crippen LogP contribution in [0.5, 0.6) is 0 Å². The highest BCUT2D eigenvalue weighted by Crippen LogP contribution is 2.25. The summed E-state index contributed by atoms with van der Waals surface area (Å²) < 4.78 is 53.9. The van der Waals surface area contributed by atoms with Crippen molar-refractivity contribution in [1.82, 2.24) is 10.2 Å². The van der Waals surface area contributed by atoms with Crippen LogP contribution in [0.15, 0.2) is 0 Å². The number of aliphatic carboxylic acids is 1. The first-order valence-corrected chi connectivity index (χ1v) is 5.60. The van der Waals surface area contributed by atoms with E-state index >= 15 is 0 Å². The van der Waals surface area contributed by atoms with Crippen molar-refractivity contribution in [3.63, 3.8) is 0 Å². The summed E-state index contributed by atoms with van der Waals surface area (Å²) in [5, 5.41) is 10.1. The first kappa shape index (κ1) is 16.5. The molecule has 0 atom stereocenters. The third kappa shape index (κ3) is 4.22. The third-order valence-corrected chi connectivity index (χ3v) is 2.68. The van der Waals surface area contributed by atoms with Gasteiger partial charge in [0.15, 0.2) is 0 Å². The molecule has 1 rings (SSSR count). The van der Waals surface area contributed by atoms with Gasteiger partial charge in [0.1, 0.15) is 12.2 Å². The van der Waals surface area contributed by atoms with Crippen molar-refractivity contribution in [2.75, 3.05) is 26.2 Å². The molecule has 0 aromatic rings. The fraction of sp³-hybridized carbons (Fsp3) is 0.800. The molecule has 1 aliphatic rings. The van der Waals surface area contributed by atoms with Gasteiger partial charge < -0.3 is 20.1 Å². The minimum absolute atomic E-state index is 0.00758. The van der Waals surface area contributed by atoms with Gasteiger partial charge in [-0.1, -0.05) is 0 Å². The van der Waals surface area contributed by atoms with E-state index in [1.54, 1.807) is 12.2 Å². The summed E-state index contributed by atoms with van der Waals surface area (Å²) in [6, 6.07) is -0.929. The number of hydrogen-bond donors (Lipinski definition) is 2. The van der Waals surface area contributed by atoms with Crippen LogP contribution < -0.4 is 5.32 Å². The Morgan fingerprint density at radius 3 is 2.45 bits per heavy atom. The molecule has 10 heteroatoms. The van der Waals surface area contributed by atoms with Gasteiger partial charge in [-0.15, -0.1) is 0 Å². The van der Waals surface area contributed by atoms with Crippen molar-refractivity contribution in [1.29, 1.82) is 0 Å². The number of nitrogens with zero attached hydrogens (tertiary/aromatic N) is 1. The highest BCUT2D eigenvalue weighted by atomic mass is 19.3. The lowest BCUT2D eigenvalue weighted by Crippen LogP contribution is -2.65. The van der Waals surface area contributed by atoms with E-state index in [0.717, 1.165) is 4.90 Å². The summed E-state index contributed by atoms with van der Waals surface area (Å²) in [7, 11) is 0. The third-order valence-electron chi connectivity index (χ3n) is 2.68. The minimum atomic E-state index is -4.29. The van der Waals surface area contributed by atoms with Crippen LogP contribution in [-0.4, -0.2) is 66.2 Å². The van der Waals surface area contributed by atoms with Gasteiger partial charge in [0.2, 0.25) is 0 Å². The molecule has 1 fully saturated rings. The molecule has 116 valence electrons. The van der Waals surface area contributed by atoms with E-state index in [1.165, 1.54) is 0 Å². The van der Waals surface area contributed by atoms with Gasteiger partial charge in [-0.05, 0) is 6.92 Å². The maximum absolute atomic E-state index is 12.6. The first-order valence-electron chi connectivity index (χ1n) is 5.60. The van der Waals surface area contributed by atoms with E-state index in [1.807, 2.05) is 0 Å². The second-order valence-electron chi connectivity index (χ2n) is 4.71. The molecule has 0 aromatic heterocycles. The van der Waals surface area contributed by atoms with Crippen molar-refractivity contribution in [3.05, 3.63) is 0 Å². The van der Waals surface area contributed by atoms with Crippen LogP contribution in [0.4, 0.5) is 22.4 Å². The Balaban J connectivity index is 2.33. The topological polar surface area (TPSA) is 78.9 Å². The number of rotatable bonds is 6. The van der Waals surface area contributed by atoms with Gasteiger partial charge in [-0.25, -0.2) is 18.4 Å². The van der Waals surface area contributed by atoms with Crippen molar-refractivity contribution in [2.45, 2.75) is 24.9 Å². The van der Waals surface area contributed by atoms with Gasteiger partial charge in [-0.2, -0.15) is 8.78 Å². The molecule has 0 aromatic carbocycles. The quantitative estimate of drug-likeness (QED) is 0.710. The molecule has 2 N–H and O–H groups in total. The number of carboxylic acid groups (broad SMARTS) is 1. The molecule has 2 amide bonds. The van der Waals surface area contributed by atoms with Crippen molar-refractivity contribution < 1.29 is 37.0 Å². The Bertz CT molecular complexity index is 385. The van der Waals surface area contributed by atoms with Crippen LogP contribution in [0.1, 0.15) is 6.92 Å². The molecule has 0 spiro atoms.